The van der Waals surface area contributed by atoms with Crippen molar-refractivity contribution in [3.05, 3.63) is 71.3 Å². The Morgan fingerprint density at radius 1 is 1.12 bits per heavy atom. The Bertz CT molecular complexity index is 1050. The highest BCUT2D eigenvalue weighted by Crippen LogP contribution is 2.47. The summed E-state index contributed by atoms with van der Waals surface area (Å²) in [6.07, 6.45) is 7.87. The number of carbonyl (C=O) groups is 2. The normalized spacial score (nSPS) is 24.8. The van der Waals surface area contributed by atoms with Crippen molar-refractivity contribution in [2.45, 2.75) is 57.7 Å². The predicted molar refractivity (Wildman–Crippen MR) is 119 cm³/mol. The molecule has 6 heteroatoms. The van der Waals surface area contributed by atoms with E-state index in [4.69, 9.17) is 9.47 Å². The van der Waals surface area contributed by atoms with Gasteiger partial charge < -0.3 is 14.4 Å². The first-order valence-corrected chi connectivity index (χ1v) is 11.5. The third-order valence-corrected chi connectivity index (χ3v) is 6.61. The van der Waals surface area contributed by atoms with Gasteiger partial charge in [-0.2, -0.15) is 0 Å². The molecule has 32 heavy (non-hydrogen) atoms. The molecule has 2 aliphatic heterocycles. The molecule has 0 radical (unpaired) electrons. The van der Waals surface area contributed by atoms with Gasteiger partial charge in [-0.05, 0) is 61.1 Å². The lowest BCUT2D eigenvalue weighted by Gasteiger charge is -2.35. The van der Waals surface area contributed by atoms with Crippen LogP contribution in [0.15, 0.2) is 60.1 Å². The van der Waals surface area contributed by atoms with Crippen molar-refractivity contribution in [1.29, 1.82) is 0 Å². The van der Waals surface area contributed by atoms with E-state index in [-0.39, 0.29) is 29.5 Å². The zero-order valence-electron chi connectivity index (χ0n) is 18.3. The molecule has 6 nitrogen and oxygen atoms in total. The minimum absolute atomic E-state index is 0.0754. The molecule has 3 unspecified atom stereocenters. The molecule has 1 fully saturated rings. The molecule has 1 aromatic carbocycles. The van der Waals surface area contributed by atoms with Crippen molar-refractivity contribution >= 4 is 11.7 Å². The van der Waals surface area contributed by atoms with Gasteiger partial charge in [-0.1, -0.05) is 25.5 Å². The number of ketones is 1. The Morgan fingerprint density at radius 3 is 2.75 bits per heavy atom. The van der Waals surface area contributed by atoms with Gasteiger partial charge in [0.1, 0.15) is 11.9 Å². The van der Waals surface area contributed by atoms with Crippen LogP contribution >= 0.6 is 0 Å². The minimum atomic E-state index is -0.480. The van der Waals surface area contributed by atoms with Crippen molar-refractivity contribution in [2.75, 3.05) is 6.61 Å². The van der Waals surface area contributed by atoms with Crippen LogP contribution in [0, 0.1) is 5.92 Å². The number of aromatic nitrogens is 1. The smallest absolute Gasteiger partial charge is 0.290 e. The van der Waals surface area contributed by atoms with E-state index < -0.39 is 6.04 Å². The van der Waals surface area contributed by atoms with Crippen molar-refractivity contribution in [1.82, 2.24) is 9.88 Å². The molecule has 5 rings (SSSR count). The fourth-order valence-corrected chi connectivity index (χ4v) is 5.08. The van der Waals surface area contributed by atoms with Crippen LogP contribution in [-0.4, -0.2) is 34.3 Å². The molecule has 1 aromatic heterocycles. The topological polar surface area (TPSA) is 68.7 Å². The molecule has 1 saturated carbocycles. The number of nitrogens with zero attached hydrogens (tertiary/aromatic N) is 2. The largest absolute Gasteiger partial charge is 0.494 e. The number of amides is 1. The average Bonchev–Trinajstić information content (AvgIpc) is 3.10. The monoisotopic (exact) mass is 432 g/mol. The highest BCUT2D eigenvalue weighted by atomic mass is 16.5. The number of ether oxygens (including phenoxy) is 2. The number of hydrogen-bond acceptors (Lipinski definition) is 5. The zero-order valence-corrected chi connectivity index (χ0v) is 18.3. The van der Waals surface area contributed by atoms with Crippen molar-refractivity contribution in [3.8, 4) is 5.75 Å². The first kappa shape index (κ1) is 20.7. The van der Waals surface area contributed by atoms with Gasteiger partial charge in [0, 0.05) is 18.9 Å². The molecular formula is C26H28N2O4. The van der Waals surface area contributed by atoms with Gasteiger partial charge in [0.05, 0.1) is 24.1 Å². The van der Waals surface area contributed by atoms with Crippen molar-refractivity contribution < 1.29 is 19.1 Å². The predicted octanol–water partition coefficient (Wildman–Crippen LogP) is 4.37. The summed E-state index contributed by atoms with van der Waals surface area (Å²) in [6.45, 7) is 3.06. The van der Waals surface area contributed by atoms with Crippen LogP contribution in [0.25, 0.3) is 0 Å². The third-order valence-electron chi connectivity index (χ3n) is 6.61. The summed E-state index contributed by atoms with van der Waals surface area (Å²) in [5.41, 5.74) is 2.35. The summed E-state index contributed by atoms with van der Waals surface area (Å²) < 4.78 is 12.1. The Kier molecular flexibility index (Phi) is 5.68. The van der Waals surface area contributed by atoms with Crippen LogP contribution in [0.3, 0.4) is 0 Å². The highest BCUT2D eigenvalue weighted by molar-refractivity contribution is 6.11. The van der Waals surface area contributed by atoms with Gasteiger partial charge in [0.15, 0.2) is 11.5 Å². The van der Waals surface area contributed by atoms with Gasteiger partial charge >= 0.3 is 0 Å². The van der Waals surface area contributed by atoms with Crippen molar-refractivity contribution in [2.24, 2.45) is 5.92 Å². The quantitative estimate of drug-likeness (QED) is 0.678. The standard InChI is InChI=1S/C26H28N2O4/c1-2-14-31-19-7-5-6-18(15-19)23-22-24(29)20-8-3-4-9-21(20)32-25(22)26(30)28(23)16-17-10-12-27-13-11-17/h5-7,10-13,15,20-21,23H,2-4,8-9,14,16H2,1H3. The van der Waals surface area contributed by atoms with E-state index in [0.29, 0.717) is 18.7 Å². The van der Waals surface area contributed by atoms with E-state index in [0.717, 1.165) is 49.0 Å². The lowest BCUT2D eigenvalue weighted by molar-refractivity contribution is -0.135. The fourth-order valence-electron chi connectivity index (χ4n) is 5.08. The summed E-state index contributed by atoms with van der Waals surface area (Å²) in [6, 6.07) is 11.1. The zero-order chi connectivity index (χ0) is 22.1. The molecule has 166 valence electrons. The van der Waals surface area contributed by atoms with E-state index in [1.54, 1.807) is 17.3 Å². The summed E-state index contributed by atoms with van der Waals surface area (Å²) >= 11 is 0. The third kappa shape index (κ3) is 3.68. The fraction of sp³-hybridized carbons (Fsp3) is 0.423. The van der Waals surface area contributed by atoms with Gasteiger partial charge in [-0.25, -0.2) is 0 Å². The molecule has 1 amide bonds. The molecule has 2 aromatic rings. The number of pyridine rings is 1. The molecule has 3 heterocycles. The van der Waals surface area contributed by atoms with E-state index in [1.807, 2.05) is 36.4 Å². The Labute approximate surface area is 188 Å². The number of hydrogen-bond donors (Lipinski definition) is 0. The average molecular weight is 433 g/mol. The Balaban J connectivity index is 1.56. The molecule has 3 atom stereocenters. The number of Topliss-reactive ketones (excluding diaryl/α,β-unsaturated/α-hetero) is 1. The Hall–Kier alpha value is -3.15. The second-order valence-electron chi connectivity index (χ2n) is 8.77. The maximum Gasteiger partial charge on any atom is 0.290 e. The van der Waals surface area contributed by atoms with Crippen LogP contribution in [0.2, 0.25) is 0 Å². The van der Waals surface area contributed by atoms with Crippen LogP contribution < -0.4 is 4.74 Å². The van der Waals surface area contributed by atoms with Gasteiger partial charge in [-0.3, -0.25) is 14.6 Å². The van der Waals surface area contributed by atoms with E-state index in [1.165, 1.54) is 0 Å². The van der Waals surface area contributed by atoms with Crippen molar-refractivity contribution in [3.63, 3.8) is 0 Å². The maximum absolute atomic E-state index is 13.7. The van der Waals surface area contributed by atoms with Crippen LogP contribution in [0.4, 0.5) is 0 Å². The molecule has 3 aliphatic rings. The number of rotatable bonds is 6. The summed E-state index contributed by atoms with van der Waals surface area (Å²) in [4.78, 5) is 33.1. The molecule has 0 saturated heterocycles. The highest BCUT2D eigenvalue weighted by Gasteiger charge is 2.51. The first-order chi connectivity index (χ1) is 15.7. The van der Waals surface area contributed by atoms with E-state index in [9.17, 15) is 9.59 Å². The van der Waals surface area contributed by atoms with Gasteiger partial charge in [0.25, 0.3) is 5.91 Å². The number of carbonyl (C=O) groups excluding carboxylic acids is 2. The summed E-state index contributed by atoms with van der Waals surface area (Å²) in [5, 5.41) is 0. The van der Waals surface area contributed by atoms with Crippen LogP contribution in [0.5, 0.6) is 5.75 Å². The van der Waals surface area contributed by atoms with E-state index in [2.05, 4.69) is 11.9 Å². The van der Waals surface area contributed by atoms with E-state index >= 15 is 0 Å². The minimum Gasteiger partial charge on any atom is -0.494 e. The summed E-state index contributed by atoms with van der Waals surface area (Å²) in [5.74, 6) is 0.704. The van der Waals surface area contributed by atoms with Crippen LogP contribution in [0.1, 0.15) is 56.2 Å². The first-order valence-electron chi connectivity index (χ1n) is 11.5. The molecule has 0 spiro atoms. The summed E-state index contributed by atoms with van der Waals surface area (Å²) in [7, 11) is 0. The lowest BCUT2D eigenvalue weighted by Crippen LogP contribution is -2.39. The molecular weight excluding hydrogens is 404 g/mol. The second-order valence-corrected chi connectivity index (χ2v) is 8.77. The Morgan fingerprint density at radius 2 is 1.94 bits per heavy atom. The number of fused-ring (bicyclic) bond motifs is 1. The van der Waals surface area contributed by atoms with Gasteiger partial charge in [-0.15, -0.1) is 0 Å². The molecule has 1 aliphatic carbocycles. The lowest BCUT2D eigenvalue weighted by atomic mass is 9.77. The molecule has 0 N–H and O–H groups in total. The SMILES string of the molecule is CCCOc1cccc(C2C3=C(OC4CCCCC4C3=O)C(=O)N2Cc2ccncc2)c1. The van der Waals surface area contributed by atoms with Gasteiger partial charge in [0.2, 0.25) is 0 Å². The molecule has 0 bridgehead atoms. The maximum atomic E-state index is 13.7. The number of benzene rings is 1. The second kappa shape index (κ2) is 8.77. The van der Waals surface area contributed by atoms with Crippen LogP contribution in [-0.2, 0) is 20.9 Å².